The van der Waals surface area contributed by atoms with E-state index in [1.54, 1.807) is 0 Å². The van der Waals surface area contributed by atoms with Crippen LogP contribution in [0.4, 0.5) is 22.0 Å². The SMILES string of the molecule is FC(F)(F)C(F)(F)C(Cl)c1cc2c(cc1Cl)OCCO2. The van der Waals surface area contributed by atoms with Gasteiger partial charge < -0.3 is 9.47 Å². The van der Waals surface area contributed by atoms with Crippen LogP contribution in [0.5, 0.6) is 11.5 Å². The highest BCUT2D eigenvalue weighted by Crippen LogP contribution is 2.51. The van der Waals surface area contributed by atoms with Gasteiger partial charge in [-0.1, -0.05) is 11.6 Å². The number of hydrogen-bond acceptors (Lipinski definition) is 2. The highest BCUT2D eigenvalue weighted by atomic mass is 35.5. The lowest BCUT2D eigenvalue weighted by molar-refractivity contribution is -0.283. The van der Waals surface area contributed by atoms with Gasteiger partial charge in [0.25, 0.3) is 0 Å². The summed E-state index contributed by atoms with van der Waals surface area (Å²) < 4.78 is 73.6. The van der Waals surface area contributed by atoms with Crippen molar-refractivity contribution in [2.75, 3.05) is 13.2 Å². The molecular formula is C11H7Cl2F5O2. The van der Waals surface area contributed by atoms with E-state index < -0.39 is 23.0 Å². The van der Waals surface area contributed by atoms with Crippen LogP contribution in [0.3, 0.4) is 0 Å². The van der Waals surface area contributed by atoms with Crippen molar-refractivity contribution in [1.82, 2.24) is 0 Å². The van der Waals surface area contributed by atoms with E-state index in [4.69, 9.17) is 32.7 Å². The maximum atomic E-state index is 13.2. The topological polar surface area (TPSA) is 18.5 Å². The van der Waals surface area contributed by atoms with Crippen molar-refractivity contribution in [3.63, 3.8) is 0 Å². The summed E-state index contributed by atoms with van der Waals surface area (Å²) in [6.45, 7) is 0.377. The molecule has 1 aromatic carbocycles. The van der Waals surface area contributed by atoms with E-state index >= 15 is 0 Å². The highest BCUT2D eigenvalue weighted by Gasteiger charge is 2.62. The van der Waals surface area contributed by atoms with E-state index in [1.807, 2.05) is 0 Å². The second-order valence-electron chi connectivity index (χ2n) is 4.00. The molecule has 0 spiro atoms. The molecule has 2 nitrogen and oxygen atoms in total. The first-order valence-electron chi connectivity index (χ1n) is 5.32. The zero-order valence-electron chi connectivity index (χ0n) is 9.61. The molecule has 112 valence electrons. The van der Waals surface area contributed by atoms with Crippen molar-refractivity contribution in [3.8, 4) is 11.5 Å². The fourth-order valence-electron chi connectivity index (χ4n) is 1.61. The monoisotopic (exact) mass is 336 g/mol. The van der Waals surface area contributed by atoms with Gasteiger partial charge in [0.05, 0.1) is 0 Å². The van der Waals surface area contributed by atoms with E-state index in [2.05, 4.69) is 0 Å². The average molecular weight is 337 g/mol. The third kappa shape index (κ3) is 2.61. The molecule has 1 aromatic rings. The van der Waals surface area contributed by atoms with Crippen molar-refractivity contribution in [3.05, 3.63) is 22.7 Å². The molecule has 1 aliphatic rings. The van der Waals surface area contributed by atoms with Crippen LogP contribution in [0.15, 0.2) is 12.1 Å². The number of benzene rings is 1. The average Bonchev–Trinajstić information content (AvgIpc) is 2.35. The molecule has 9 heteroatoms. The van der Waals surface area contributed by atoms with E-state index in [0.29, 0.717) is 0 Å². The van der Waals surface area contributed by atoms with Gasteiger partial charge in [-0.2, -0.15) is 22.0 Å². The normalized spacial score (nSPS) is 16.9. The third-order valence-electron chi connectivity index (χ3n) is 2.63. The minimum absolute atomic E-state index is 0.0271. The van der Waals surface area contributed by atoms with Crippen LogP contribution in [-0.4, -0.2) is 25.3 Å². The Morgan fingerprint density at radius 1 is 1.00 bits per heavy atom. The lowest BCUT2D eigenvalue weighted by atomic mass is 10.0. The van der Waals surface area contributed by atoms with Crippen LogP contribution in [0, 0.1) is 0 Å². The number of fused-ring (bicyclic) bond motifs is 1. The van der Waals surface area contributed by atoms with Crippen molar-refractivity contribution < 1.29 is 31.4 Å². The summed E-state index contributed by atoms with van der Waals surface area (Å²) in [4.78, 5) is 0. The zero-order chi connectivity index (χ0) is 15.1. The summed E-state index contributed by atoms with van der Waals surface area (Å²) in [5.41, 5.74) is -0.570. The lowest BCUT2D eigenvalue weighted by Gasteiger charge is -2.26. The first-order valence-corrected chi connectivity index (χ1v) is 6.13. The molecule has 0 fully saturated rings. The largest absolute Gasteiger partial charge is 0.486 e. The van der Waals surface area contributed by atoms with Gasteiger partial charge in [0.2, 0.25) is 0 Å². The van der Waals surface area contributed by atoms with Gasteiger partial charge in [-0.05, 0) is 11.6 Å². The molecule has 2 rings (SSSR count). The number of alkyl halides is 6. The summed E-state index contributed by atoms with van der Waals surface area (Å²) in [5, 5.41) is -3.01. The Labute approximate surface area is 120 Å². The lowest BCUT2D eigenvalue weighted by Crippen LogP contribution is -2.40. The Bertz CT molecular complexity index is 518. The predicted molar refractivity (Wildman–Crippen MR) is 62.0 cm³/mol. The van der Waals surface area contributed by atoms with Crippen LogP contribution in [-0.2, 0) is 0 Å². The highest BCUT2D eigenvalue weighted by molar-refractivity contribution is 6.33. The van der Waals surface area contributed by atoms with Gasteiger partial charge in [-0.3, -0.25) is 0 Å². The molecule has 0 saturated carbocycles. The van der Waals surface area contributed by atoms with Gasteiger partial charge in [0.15, 0.2) is 11.5 Å². The van der Waals surface area contributed by atoms with E-state index in [0.717, 1.165) is 12.1 Å². The number of hydrogen-bond donors (Lipinski definition) is 0. The number of rotatable bonds is 2. The molecule has 0 saturated heterocycles. The summed E-state index contributed by atoms with van der Waals surface area (Å²) in [6, 6.07) is 2.04. The first kappa shape index (κ1) is 15.4. The fourth-order valence-corrected chi connectivity index (χ4v) is 2.24. The molecule has 0 bridgehead atoms. The molecule has 0 N–H and O–H groups in total. The van der Waals surface area contributed by atoms with Gasteiger partial charge in [0.1, 0.15) is 18.6 Å². The molecule has 1 heterocycles. The molecule has 0 aliphatic carbocycles. The first-order chi connectivity index (χ1) is 9.14. The Morgan fingerprint density at radius 2 is 1.50 bits per heavy atom. The van der Waals surface area contributed by atoms with Crippen molar-refractivity contribution >= 4 is 23.2 Å². The minimum atomic E-state index is -5.78. The maximum Gasteiger partial charge on any atom is 0.455 e. The number of ether oxygens (including phenoxy) is 2. The Morgan fingerprint density at radius 3 is 2.00 bits per heavy atom. The molecule has 0 radical (unpaired) electrons. The molecule has 20 heavy (non-hydrogen) atoms. The molecule has 0 amide bonds. The Kier molecular flexibility index (Phi) is 3.94. The zero-order valence-corrected chi connectivity index (χ0v) is 11.1. The Balaban J connectivity index is 2.42. The summed E-state index contributed by atoms with van der Waals surface area (Å²) in [6.07, 6.45) is -5.78. The molecular weight excluding hydrogens is 330 g/mol. The van der Waals surface area contributed by atoms with Crippen LogP contribution in [0.2, 0.25) is 5.02 Å². The minimum Gasteiger partial charge on any atom is -0.486 e. The maximum absolute atomic E-state index is 13.2. The van der Waals surface area contributed by atoms with Crippen LogP contribution < -0.4 is 9.47 Å². The van der Waals surface area contributed by atoms with E-state index in [9.17, 15) is 22.0 Å². The van der Waals surface area contributed by atoms with Crippen molar-refractivity contribution in [2.45, 2.75) is 17.5 Å². The van der Waals surface area contributed by atoms with Crippen LogP contribution >= 0.6 is 23.2 Å². The van der Waals surface area contributed by atoms with Crippen molar-refractivity contribution in [1.29, 1.82) is 0 Å². The van der Waals surface area contributed by atoms with Crippen molar-refractivity contribution in [2.24, 2.45) is 0 Å². The van der Waals surface area contributed by atoms with Gasteiger partial charge >= 0.3 is 12.1 Å². The second-order valence-corrected chi connectivity index (χ2v) is 4.84. The molecule has 1 aliphatic heterocycles. The van der Waals surface area contributed by atoms with Crippen LogP contribution in [0.1, 0.15) is 10.9 Å². The van der Waals surface area contributed by atoms with Gasteiger partial charge in [-0.25, -0.2) is 0 Å². The quantitative estimate of drug-likeness (QED) is 0.581. The van der Waals surface area contributed by atoms with Gasteiger partial charge in [-0.15, -0.1) is 11.6 Å². The van der Waals surface area contributed by atoms with Crippen LogP contribution in [0.25, 0.3) is 0 Å². The Hall–Kier alpha value is -0.950. The smallest absolute Gasteiger partial charge is 0.455 e. The van der Waals surface area contributed by atoms with E-state index in [-0.39, 0.29) is 29.7 Å². The summed E-state index contributed by atoms with van der Waals surface area (Å²) >= 11 is 11.0. The fraction of sp³-hybridized carbons (Fsp3) is 0.455. The third-order valence-corrected chi connectivity index (χ3v) is 3.47. The molecule has 1 atom stereocenters. The van der Waals surface area contributed by atoms with E-state index in [1.165, 1.54) is 0 Å². The van der Waals surface area contributed by atoms with Gasteiger partial charge in [0, 0.05) is 11.1 Å². The standard InChI is InChI=1S/C11H7Cl2F5O2/c12-6-4-8-7(19-1-2-20-8)3-5(6)9(13)10(14,15)11(16,17)18/h3-4,9H,1-2H2. The molecule has 1 unspecified atom stereocenters. The molecule has 0 aromatic heterocycles. The predicted octanol–water partition coefficient (Wildman–Crippen LogP) is 4.59. The second kappa shape index (κ2) is 5.11. The number of halogens is 7. The summed E-state index contributed by atoms with van der Waals surface area (Å²) in [7, 11) is 0. The summed E-state index contributed by atoms with van der Waals surface area (Å²) in [5.74, 6) is -4.93.